The second kappa shape index (κ2) is 10.2. The highest BCUT2D eigenvalue weighted by Gasteiger charge is 2.26. The van der Waals surface area contributed by atoms with Crippen LogP contribution in [0.1, 0.15) is 24.3 Å². The SMILES string of the molecule is COc1ccc(-c2noc(CN3CCC(C(=O)NCc4cccnc4)CC3)n2)cc1OC. The number of benzene rings is 1. The van der Waals surface area contributed by atoms with E-state index in [2.05, 4.69) is 25.3 Å². The average molecular weight is 438 g/mol. The van der Waals surface area contributed by atoms with Gasteiger partial charge < -0.3 is 19.3 Å². The monoisotopic (exact) mass is 437 g/mol. The molecule has 1 aliphatic rings. The van der Waals surface area contributed by atoms with E-state index in [1.165, 1.54) is 0 Å². The Kier molecular flexibility index (Phi) is 6.96. The molecule has 0 radical (unpaired) electrons. The summed E-state index contributed by atoms with van der Waals surface area (Å²) in [5, 5.41) is 7.12. The molecule has 1 saturated heterocycles. The van der Waals surface area contributed by atoms with Crippen LogP contribution in [0.3, 0.4) is 0 Å². The Bertz CT molecular complexity index is 1030. The van der Waals surface area contributed by atoms with E-state index in [1.54, 1.807) is 26.6 Å². The van der Waals surface area contributed by atoms with Gasteiger partial charge in [-0.15, -0.1) is 0 Å². The van der Waals surface area contributed by atoms with Crippen molar-refractivity contribution in [2.75, 3.05) is 27.3 Å². The summed E-state index contributed by atoms with van der Waals surface area (Å²) >= 11 is 0. The molecule has 9 heteroatoms. The number of carbonyl (C=O) groups excluding carboxylic acids is 1. The zero-order chi connectivity index (χ0) is 22.3. The molecule has 4 rings (SSSR count). The molecule has 2 aromatic heterocycles. The Morgan fingerprint density at radius 2 is 2.00 bits per heavy atom. The van der Waals surface area contributed by atoms with Gasteiger partial charge in [0.05, 0.1) is 20.8 Å². The molecule has 3 heterocycles. The first-order valence-electron chi connectivity index (χ1n) is 10.6. The summed E-state index contributed by atoms with van der Waals surface area (Å²) < 4.78 is 16.1. The van der Waals surface area contributed by atoms with E-state index in [-0.39, 0.29) is 11.8 Å². The fraction of sp³-hybridized carbons (Fsp3) is 0.391. The van der Waals surface area contributed by atoms with Crippen molar-refractivity contribution < 1.29 is 18.8 Å². The highest BCUT2D eigenvalue weighted by molar-refractivity contribution is 5.78. The van der Waals surface area contributed by atoms with Crippen molar-refractivity contribution >= 4 is 5.91 Å². The van der Waals surface area contributed by atoms with Crippen LogP contribution in [0.25, 0.3) is 11.4 Å². The fourth-order valence-corrected chi connectivity index (χ4v) is 3.79. The van der Waals surface area contributed by atoms with Crippen molar-refractivity contribution in [1.29, 1.82) is 0 Å². The number of nitrogens with one attached hydrogen (secondary N) is 1. The first-order chi connectivity index (χ1) is 15.7. The molecular weight excluding hydrogens is 410 g/mol. The second-order valence-electron chi connectivity index (χ2n) is 7.71. The largest absolute Gasteiger partial charge is 0.493 e. The first kappa shape index (κ1) is 21.8. The van der Waals surface area contributed by atoms with Gasteiger partial charge in [-0.1, -0.05) is 11.2 Å². The highest BCUT2D eigenvalue weighted by atomic mass is 16.5. The maximum atomic E-state index is 12.5. The van der Waals surface area contributed by atoms with E-state index in [1.807, 2.05) is 30.3 Å². The third-order valence-corrected chi connectivity index (χ3v) is 5.62. The average Bonchev–Trinajstić information content (AvgIpc) is 3.31. The lowest BCUT2D eigenvalue weighted by molar-refractivity contribution is -0.126. The fourth-order valence-electron chi connectivity index (χ4n) is 3.79. The number of methoxy groups -OCH3 is 2. The third-order valence-electron chi connectivity index (χ3n) is 5.62. The molecule has 1 N–H and O–H groups in total. The summed E-state index contributed by atoms with van der Waals surface area (Å²) in [6.45, 7) is 2.68. The summed E-state index contributed by atoms with van der Waals surface area (Å²) in [6, 6.07) is 9.33. The number of piperidine rings is 1. The maximum absolute atomic E-state index is 12.5. The Morgan fingerprint density at radius 1 is 1.19 bits per heavy atom. The van der Waals surface area contributed by atoms with Gasteiger partial charge in [0, 0.05) is 30.4 Å². The van der Waals surface area contributed by atoms with Gasteiger partial charge in [-0.05, 0) is 55.8 Å². The van der Waals surface area contributed by atoms with Crippen molar-refractivity contribution in [3.8, 4) is 22.9 Å². The summed E-state index contributed by atoms with van der Waals surface area (Å²) in [7, 11) is 3.18. The molecule has 3 aromatic rings. The lowest BCUT2D eigenvalue weighted by Crippen LogP contribution is -2.40. The number of pyridine rings is 1. The minimum atomic E-state index is 0.0212. The number of hydrogen-bond donors (Lipinski definition) is 1. The van der Waals surface area contributed by atoms with Crippen molar-refractivity contribution in [3.05, 3.63) is 54.2 Å². The number of hydrogen-bond acceptors (Lipinski definition) is 8. The zero-order valence-corrected chi connectivity index (χ0v) is 18.3. The van der Waals surface area contributed by atoms with Gasteiger partial charge >= 0.3 is 0 Å². The van der Waals surface area contributed by atoms with Gasteiger partial charge in [0.2, 0.25) is 17.6 Å². The van der Waals surface area contributed by atoms with Crippen molar-refractivity contribution in [2.24, 2.45) is 5.92 Å². The van der Waals surface area contributed by atoms with Crippen LogP contribution in [0.4, 0.5) is 0 Å². The normalized spacial score (nSPS) is 14.8. The molecule has 0 aliphatic carbocycles. The van der Waals surface area contributed by atoms with E-state index >= 15 is 0 Å². The molecule has 0 spiro atoms. The van der Waals surface area contributed by atoms with Gasteiger partial charge in [0.25, 0.3) is 0 Å². The number of nitrogens with zero attached hydrogens (tertiary/aromatic N) is 4. The number of carbonyl (C=O) groups is 1. The van der Waals surface area contributed by atoms with Crippen LogP contribution in [0.2, 0.25) is 0 Å². The summed E-state index contributed by atoms with van der Waals surface area (Å²) in [5.41, 5.74) is 1.79. The molecule has 1 fully saturated rings. The van der Waals surface area contributed by atoms with Gasteiger partial charge in [0.15, 0.2) is 11.5 Å². The van der Waals surface area contributed by atoms with Crippen LogP contribution in [0.15, 0.2) is 47.2 Å². The minimum Gasteiger partial charge on any atom is -0.493 e. The van der Waals surface area contributed by atoms with Gasteiger partial charge in [0.1, 0.15) is 0 Å². The van der Waals surface area contributed by atoms with E-state index in [9.17, 15) is 4.79 Å². The van der Waals surface area contributed by atoms with E-state index in [0.29, 0.717) is 36.3 Å². The Labute approximate surface area is 186 Å². The lowest BCUT2D eigenvalue weighted by Gasteiger charge is -2.30. The molecule has 32 heavy (non-hydrogen) atoms. The number of ether oxygens (including phenoxy) is 2. The first-order valence-corrected chi connectivity index (χ1v) is 10.6. The molecule has 0 atom stereocenters. The van der Waals surface area contributed by atoms with E-state index in [4.69, 9.17) is 14.0 Å². The van der Waals surface area contributed by atoms with E-state index < -0.39 is 0 Å². The number of rotatable bonds is 8. The van der Waals surface area contributed by atoms with Gasteiger partial charge in [-0.25, -0.2) is 0 Å². The Morgan fingerprint density at radius 3 is 2.72 bits per heavy atom. The summed E-state index contributed by atoms with van der Waals surface area (Å²) in [5.74, 6) is 2.43. The molecule has 0 bridgehead atoms. The number of likely N-dealkylation sites (tertiary alicyclic amines) is 1. The predicted octanol–water partition coefficient (Wildman–Crippen LogP) is 2.68. The van der Waals surface area contributed by atoms with Crippen LogP contribution in [-0.2, 0) is 17.9 Å². The highest BCUT2D eigenvalue weighted by Crippen LogP contribution is 2.31. The van der Waals surface area contributed by atoms with Crippen LogP contribution in [0.5, 0.6) is 11.5 Å². The van der Waals surface area contributed by atoms with Crippen molar-refractivity contribution in [1.82, 2.24) is 25.3 Å². The van der Waals surface area contributed by atoms with Gasteiger partial charge in [-0.2, -0.15) is 4.98 Å². The molecule has 9 nitrogen and oxygen atoms in total. The second-order valence-corrected chi connectivity index (χ2v) is 7.71. The van der Waals surface area contributed by atoms with E-state index in [0.717, 1.165) is 37.1 Å². The van der Waals surface area contributed by atoms with Crippen molar-refractivity contribution in [2.45, 2.75) is 25.9 Å². The maximum Gasteiger partial charge on any atom is 0.241 e. The zero-order valence-electron chi connectivity index (χ0n) is 18.3. The quantitative estimate of drug-likeness (QED) is 0.574. The van der Waals surface area contributed by atoms with Gasteiger partial charge in [-0.3, -0.25) is 14.7 Å². The Balaban J connectivity index is 1.28. The van der Waals surface area contributed by atoms with Crippen LogP contribution in [0, 0.1) is 5.92 Å². The third kappa shape index (κ3) is 5.23. The molecule has 1 aliphatic heterocycles. The Hall–Kier alpha value is -3.46. The standard InChI is InChI=1S/C23H27N5O4/c1-30-19-6-5-18(12-20(19)31-2)22-26-21(32-27-22)15-28-10-7-17(8-11-28)23(29)25-14-16-4-3-9-24-13-16/h3-6,9,12-13,17H,7-8,10-11,14-15H2,1-2H3,(H,25,29). The molecule has 1 amide bonds. The molecule has 0 saturated carbocycles. The molecular formula is C23H27N5O4. The van der Waals surface area contributed by atoms with Crippen LogP contribution < -0.4 is 14.8 Å². The smallest absolute Gasteiger partial charge is 0.241 e. The lowest BCUT2D eigenvalue weighted by atomic mass is 9.96. The molecule has 0 unspecified atom stereocenters. The topological polar surface area (TPSA) is 103 Å². The molecule has 1 aromatic carbocycles. The predicted molar refractivity (Wildman–Crippen MR) is 117 cm³/mol. The summed E-state index contributed by atoms with van der Waals surface area (Å²) in [6.07, 6.45) is 5.09. The minimum absolute atomic E-state index is 0.0212. The number of amides is 1. The van der Waals surface area contributed by atoms with Crippen LogP contribution >= 0.6 is 0 Å². The molecule has 168 valence electrons. The van der Waals surface area contributed by atoms with Crippen LogP contribution in [-0.4, -0.2) is 53.2 Å². The van der Waals surface area contributed by atoms with Crippen molar-refractivity contribution in [3.63, 3.8) is 0 Å². The summed E-state index contributed by atoms with van der Waals surface area (Å²) in [4.78, 5) is 23.3. The number of aromatic nitrogens is 3.